The van der Waals surface area contributed by atoms with E-state index in [0.717, 1.165) is 25.7 Å². The average Bonchev–Trinajstić information content (AvgIpc) is 2.77. The molecule has 4 atom stereocenters. The molecule has 1 aromatic rings. The number of allylic oxidation sites excluding steroid dienone is 2. The van der Waals surface area contributed by atoms with Gasteiger partial charge in [-0.15, -0.1) is 0 Å². The fourth-order valence-corrected chi connectivity index (χ4v) is 5.91. The molecule has 5 nitrogen and oxygen atoms in total. The number of hydrogen-bond acceptors (Lipinski definition) is 4. The van der Waals surface area contributed by atoms with E-state index in [2.05, 4.69) is 19.2 Å². The number of halogens is 2. The summed E-state index contributed by atoms with van der Waals surface area (Å²) in [5.41, 5.74) is 0.729. The van der Waals surface area contributed by atoms with E-state index < -0.39 is 23.6 Å². The van der Waals surface area contributed by atoms with Crippen LogP contribution < -0.4 is 5.32 Å². The Morgan fingerprint density at radius 3 is 2.73 bits per heavy atom. The van der Waals surface area contributed by atoms with E-state index in [1.165, 1.54) is 18.2 Å². The van der Waals surface area contributed by atoms with Crippen LogP contribution in [0.25, 0.3) is 0 Å². The summed E-state index contributed by atoms with van der Waals surface area (Å²) in [5, 5.41) is 13.2. The van der Waals surface area contributed by atoms with Crippen LogP contribution in [-0.2, 0) is 20.9 Å². The Kier molecular flexibility index (Phi) is 6.87. The average molecular weight is 474 g/mol. The Bertz CT molecular complexity index is 1060. The molecule has 0 aromatic heterocycles. The molecule has 0 radical (unpaired) electrons. The number of carbonyl (C=O) groups excluding carboxylic acids is 3. The van der Waals surface area contributed by atoms with Gasteiger partial charge in [-0.05, 0) is 54.7 Å². The van der Waals surface area contributed by atoms with Crippen LogP contribution in [-0.4, -0.2) is 28.7 Å². The van der Waals surface area contributed by atoms with Gasteiger partial charge in [0.25, 0.3) is 5.91 Å². The summed E-state index contributed by atoms with van der Waals surface area (Å²) in [6.45, 7) is 4.19. The minimum Gasteiger partial charge on any atom is -0.380 e. The number of aliphatic hydroxyl groups is 1. The maximum atomic E-state index is 14.1. The van der Waals surface area contributed by atoms with Crippen molar-refractivity contribution < 1.29 is 23.9 Å². The third-order valence-corrected chi connectivity index (χ3v) is 7.50. The second-order valence-electron chi connectivity index (χ2n) is 9.82. The Morgan fingerprint density at radius 1 is 1.24 bits per heavy atom. The number of fused-ring (bicyclic) bond motifs is 1. The zero-order valence-electron chi connectivity index (χ0n) is 18.9. The summed E-state index contributed by atoms with van der Waals surface area (Å²) in [6.07, 6.45) is 4.25. The molecule has 33 heavy (non-hydrogen) atoms. The van der Waals surface area contributed by atoms with Crippen molar-refractivity contribution in [2.45, 2.75) is 58.6 Å². The van der Waals surface area contributed by atoms with E-state index in [-0.39, 0.29) is 45.9 Å². The van der Waals surface area contributed by atoms with Crippen molar-refractivity contribution in [1.29, 1.82) is 0 Å². The van der Waals surface area contributed by atoms with Crippen LogP contribution in [0, 0.1) is 29.5 Å². The van der Waals surface area contributed by atoms with Crippen LogP contribution >= 0.6 is 11.6 Å². The monoisotopic (exact) mass is 473 g/mol. The lowest BCUT2D eigenvalue weighted by Crippen LogP contribution is -2.45. The third-order valence-electron chi connectivity index (χ3n) is 7.21. The van der Waals surface area contributed by atoms with Crippen molar-refractivity contribution in [2.75, 3.05) is 0 Å². The molecule has 1 fully saturated rings. The number of ketones is 2. The highest BCUT2D eigenvalue weighted by Gasteiger charge is 2.47. The first-order valence-electron chi connectivity index (χ1n) is 11.6. The van der Waals surface area contributed by atoms with Gasteiger partial charge >= 0.3 is 0 Å². The Balaban J connectivity index is 1.58. The van der Waals surface area contributed by atoms with Crippen molar-refractivity contribution in [3.05, 3.63) is 57.4 Å². The molecule has 3 aliphatic rings. The zero-order valence-corrected chi connectivity index (χ0v) is 19.6. The summed E-state index contributed by atoms with van der Waals surface area (Å²) < 4.78 is 14.1. The number of rotatable bonds is 5. The molecule has 0 heterocycles. The molecule has 7 heteroatoms. The normalized spacial score (nSPS) is 27.3. The number of carbonyl (C=O) groups is 3. The van der Waals surface area contributed by atoms with Gasteiger partial charge in [0.1, 0.15) is 11.9 Å². The van der Waals surface area contributed by atoms with Crippen molar-refractivity contribution in [2.24, 2.45) is 23.7 Å². The van der Waals surface area contributed by atoms with E-state index in [0.29, 0.717) is 23.8 Å². The summed E-state index contributed by atoms with van der Waals surface area (Å²) in [6, 6.07) is 4.47. The summed E-state index contributed by atoms with van der Waals surface area (Å²) in [5.74, 6) is -1.36. The zero-order chi connectivity index (χ0) is 23.9. The van der Waals surface area contributed by atoms with Crippen molar-refractivity contribution in [3.63, 3.8) is 0 Å². The number of nitrogens with one attached hydrogen (secondary N) is 1. The minimum atomic E-state index is -1.63. The van der Waals surface area contributed by atoms with Gasteiger partial charge in [0.2, 0.25) is 5.78 Å². The van der Waals surface area contributed by atoms with Crippen LogP contribution in [0.4, 0.5) is 4.39 Å². The lowest BCUT2D eigenvalue weighted by Gasteiger charge is -2.43. The van der Waals surface area contributed by atoms with Gasteiger partial charge in [-0.1, -0.05) is 50.4 Å². The second kappa shape index (κ2) is 9.51. The summed E-state index contributed by atoms with van der Waals surface area (Å²) in [7, 11) is 0. The van der Waals surface area contributed by atoms with Crippen LogP contribution in [0.1, 0.15) is 51.5 Å². The first-order chi connectivity index (χ1) is 15.7. The molecular formula is C26H29ClFNO4. The largest absolute Gasteiger partial charge is 0.380 e. The van der Waals surface area contributed by atoms with E-state index in [9.17, 15) is 23.9 Å². The van der Waals surface area contributed by atoms with Crippen molar-refractivity contribution in [3.8, 4) is 0 Å². The van der Waals surface area contributed by atoms with Gasteiger partial charge in [-0.2, -0.15) is 0 Å². The van der Waals surface area contributed by atoms with Crippen LogP contribution in [0.15, 0.2) is 41.0 Å². The predicted molar refractivity (Wildman–Crippen MR) is 123 cm³/mol. The molecule has 4 unspecified atom stereocenters. The molecule has 176 valence electrons. The molecule has 1 aromatic carbocycles. The minimum absolute atomic E-state index is 0.0568. The SMILES string of the molecule is CC(C)CC1CCCC2C(=O)C3=C(C=C(C(=O)NCc4cccc(Cl)c4F)C(=O)C3O)CC12. The standard InChI is InChI=1S/C26H29ClFNO4/c1-13(2)9-14-5-3-7-17-18(14)10-16-11-19(24(31)25(32)21(16)23(17)30)26(33)29-12-15-6-4-8-20(27)22(15)28/h4,6,8,11,13-14,17-18,25,32H,3,5,7,9-10,12H2,1-2H3,(H,29,33). The molecule has 1 amide bonds. The number of benzene rings is 1. The summed E-state index contributed by atoms with van der Waals surface area (Å²) >= 11 is 5.78. The molecule has 4 rings (SSSR count). The highest BCUT2D eigenvalue weighted by molar-refractivity contribution is 6.30. The van der Waals surface area contributed by atoms with E-state index in [4.69, 9.17) is 11.6 Å². The molecule has 0 bridgehead atoms. The topological polar surface area (TPSA) is 83.5 Å². The van der Waals surface area contributed by atoms with Gasteiger partial charge in [-0.25, -0.2) is 4.39 Å². The second-order valence-corrected chi connectivity index (χ2v) is 10.2. The first kappa shape index (κ1) is 23.8. The van der Waals surface area contributed by atoms with Gasteiger partial charge in [0, 0.05) is 23.6 Å². The van der Waals surface area contributed by atoms with Crippen LogP contribution in [0.2, 0.25) is 5.02 Å². The Labute approximate surface area is 198 Å². The number of aliphatic hydroxyl groups excluding tert-OH is 1. The molecule has 0 saturated heterocycles. The maximum Gasteiger partial charge on any atom is 0.255 e. The molecular weight excluding hydrogens is 445 g/mol. The molecule has 3 aliphatic carbocycles. The van der Waals surface area contributed by atoms with Gasteiger partial charge in [0.15, 0.2) is 5.78 Å². The van der Waals surface area contributed by atoms with E-state index in [1.54, 1.807) is 6.07 Å². The highest BCUT2D eigenvalue weighted by atomic mass is 35.5. The van der Waals surface area contributed by atoms with Crippen molar-refractivity contribution in [1.82, 2.24) is 5.32 Å². The third kappa shape index (κ3) is 4.56. The number of amides is 1. The predicted octanol–water partition coefficient (Wildman–Crippen LogP) is 4.31. The van der Waals surface area contributed by atoms with Crippen LogP contribution in [0.3, 0.4) is 0 Å². The van der Waals surface area contributed by atoms with E-state index >= 15 is 0 Å². The maximum absolute atomic E-state index is 14.1. The van der Waals surface area contributed by atoms with Gasteiger partial charge in [-0.3, -0.25) is 14.4 Å². The Morgan fingerprint density at radius 2 is 2.00 bits per heavy atom. The smallest absolute Gasteiger partial charge is 0.255 e. The Hall–Kier alpha value is -2.31. The number of Topliss-reactive ketones (excluding diaryl/α,β-unsaturated/α-hetero) is 2. The van der Waals surface area contributed by atoms with Crippen molar-refractivity contribution >= 4 is 29.1 Å². The van der Waals surface area contributed by atoms with E-state index in [1.807, 2.05) is 0 Å². The van der Waals surface area contributed by atoms with Crippen LogP contribution in [0.5, 0.6) is 0 Å². The lowest BCUT2D eigenvalue weighted by molar-refractivity contribution is -0.131. The molecule has 2 N–H and O–H groups in total. The lowest BCUT2D eigenvalue weighted by atomic mass is 9.60. The first-order valence-corrected chi connectivity index (χ1v) is 12.0. The molecule has 1 saturated carbocycles. The fourth-order valence-electron chi connectivity index (χ4n) is 5.72. The van der Waals surface area contributed by atoms with Gasteiger partial charge < -0.3 is 10.4 Å². The number of hydrogen-bond donors (Lipinski definition) is 2. The fraction of sp³-hybridized carbons (Fsp3) is 0.500. The summed E-state index contributed by atoms with van der Waals surface area (Å²) in [4.78, 5) is 38.9. The molecule has 0 spiro atoms. The molecule has 0 aliphatic heterocycles. The quantitative estimate of drug-likeness (QED) is 0.624. The highest BCUT2D eigenvalue weighted by Crippen LogP contribution is 2.48. The van der Waals surface area contributed by atoms with Gasteiger partial charge in [0.05, 0.1) is 10.6 Å².